The summed E-state index contributed by atoms with van der Waals surface area (Å²) >= 11 is 6.07. The second-order valence-electron chi connectivity index (χ2n) is 5.65. The zero-order valence-electron chi connectivity index (χ0n) is 13.9. The van der Waals surface area contributed by atoms with Crippen molar-refractivity contribution in [1.29, 1.82) is 0 Å². The van der Waals surface area contributed by atoms with E-state index in [9.17, 15) is 9.59 Å². The molecule has 0 bridgehead atoms. The number of halogens is 2. The maximum absolute atomic E-state index is 15.1. The first-order valence-corrected chi connectivity index (χ1v) is 8.22. The van der Waals surface area contributed by atoms with E-state index in [1.807, 2.05) is 6.92 Å². The molecule has 0 unspecified atom stereocenters. The normalized spacial score (nSPS) is 13.3. The summed E-state index contributed by atoms with van der Waals surface area (Å²) in [5.74, 6) is -1.80. The highest BCUT2D eigenvalue weighted by Gasteiger charge is 2.25. The van der Waals surface area contributed by atoms with Crippen molar-refractivity contribution in [2.24, 2.45) is 5.73 Å². The molecule has 2 rings (SSSR count). The van der Waals surface area contributed by atoms with Crippen molar-refractivity contribution in [3.05, 3.63) is 64.2 Å². The van der Waals surface area contributed by atoms with Crippen LogP contribution in [0.4, 0.5) is 4.39 Å². The van der Waals surface area contributed by atoms with Gasteiger partial charge in [0.1, 0.15) is 5.82 Å². The van der Waals surface area contributed by atoms with Crippen molar-refractivity contribution < 1.29 is 14.0 Å². The lowest BCUT2D eigenvalue weighted by molar-refractivity contribution is -0.119. The number of hydrogen-bond donors (Lipinski definition) is 2. The van der Waals surface area contributed by atoms with Gasteiger partial charge in [0.15, 0.2) is 5.78 Å². The summed E-state index contributed by atoms with van der Waals surface area (Å²) in [5, 5.41) is 2.99. The van der Waals surface area contributed by atoms with Gasteiger partial charge in [-0.1, -0.05) is 24.6 Å². The maximum Gasteiger partial charge on any atom is 0.234 e. The van der Waals surface area contributed by atoms with E-state index in [4.69, 9.17) is 17.3 Å². The van der Waals surface area contributed by atoms with Gasteiger partial charge in [0.25, 0.3) is 0 Å². The fourth-order valence-corrected chi connectivity index (χ4v) is 2.73. The molecular weight excluding hydrogens is 345 g/mol. The van der Waals surface area contributed by atoms with Crippen LogP contribution in [0.15, 0.2) is 36.7 Å². The number of nitrogens with zero attached hydrogens (tertiary/aromatic N) is 1. The number of ketones is 1. The third-order valence-electron chi connectivity index (χ3n) is 3.93. The molecule has 2 aromatic rings. The standard InChI is InChI=1S/C18H19ClFN3O2/c1-3-14(23-10(2)18(21)25)12-6-7-13(19)15(16(12)20)17(24)11-5-4-8-22-9-11/h4-10,14,23H,3H2,1-2H3,(H2,21,25)/t10-,14+/m0/s1. The summed E-state index contributed by atoms with van der Waals surface area (Å²) < 4.78 is 15.1. The van der Waals surface area contributed by atoms with E-state index in [0.717, 1.165) is 0 Å². The fraction of sp³-hybridized carbons (Fsp3) is 0.278. The van der Waals surface area contributed by atoms with Crippen molar-refractivity contribution in [2.75, 3.05) is 0 Å². The highest BCUT2D eigenvalue weighted by molar-refractivity contribution is 6.35. The van der Waals surface area contributed by atoms with E-state index >= 15 is 4.39 Å². The Labute approximate surface area is 150 Å². The van der Waals surface area contributed by atoms with Crippen LogP contribution < -0.4 is 11.1 Å². The van der Waals surface area contributed by atoms with Crippen LogP contribution in [0, 0.1) is 5.82 Å². The monoisotopic (exact) mass is 363 g/mol. The van der Waals surface area contributed by atoms with E-state index < -0.39 is 29.6 Å². The van der Waals surface area contributed by atoms with E-state index in [2.05, 4.69) is 10.3 Å². The van der Waals surface area contributed by atoms with E-state index in [1.54, 1.807) is 19.1 Å². The third kappa shape index (κ3) is 4.21. The van der Waals surface area contributed by atoms with E-state index in [1.165, 1.54) is 24.5 Å². The summed E-state index contributed by atoms with van der Waals surface area (Å²) in [6.07, 6.45) is 3.37. The van der Waals surface area contributed by atoms with Crippen molar-refractivity contribution in [3.8, 4) is 0 Å². The lowest BCUT2D eigenvalue weighted by atomic mass is 9.96. The molecule has 0 saturated heterocycles. The Hall–Kier alpha value is -2.31. The van der Waals surface area contributed by atoms with Crippen LogP contribution in [0.25, 0.3) is 0 Å². The van der Waals surface area contributed by atoms with Gasteiger partial charge in [-0.05, 0) is 31.5 Å². The maximum atomic E-state index is 15.1. The van der Waals surface area contributed by atoms with Gasteiger partial charge in [0.2, 0.25) is 5.91 Å². The highest BCUT2D eigenvalue weighted by atomic mass is 35.5. The molecule has 1 heterocycles. The number of hydrogen-bond acceptors (Lipinski definition) is 4. The van der Waals surface area contributed by atoms with Crippen molar-refractivity contribution in [1.82, 2.24) is 10.3 Å². The molecule has 0 aliphatic carbocycles. The van der Waals surface area contributed by atoms with E-state index in [0.29, 0.717) is 6.42 Å². The Bertz CT molecular complexity index is 783. The number of carbonyl (C=O) groups is 2. The van der Waals surface area contributed by atoms with Crippen LogP contribution in [0.5, 0.6) is 0 Å². The number of rotatable bonds is 7. The van der Waals surface area contributed by atoms with Crippen LogP contribution in [-0.2, 0) is 4.79 Å². The minimum Gasteiger partial charge on any atom is -0.368 e. The molecule has 7 heteroatoms. The predicted octanol–water partition coefficient (Wildman–Crippen LogP) is 3.02. The molecule has 0 spiro atoms. The van der Waals surface area contributed by atoms with Gasteiger partial charge < -0.3 is 5.73 Å². The number of pyridine rings is 1. The second kappa shape index (κ2) is 8.18. The quantitative estimate of drug-likeness (QED) is 0.740. The molecule has 0 aliphatic heterocycles. The third-order valence-corrected chi connectivity index (χ3v) is 4.25. The number of nitrogens with two attached hydrogens (primary N) is 1. The van der Waals surface area contributed by atoms with E-state index in [-0.39, 0.29) is 21.7 Å². The summed E-state index contributed by atoms with van der Waals surface area (Å²) in [4.78, 5) is 27.8. The molecule has 3 N–H and O–H groups in total. The summed E-state index contributed by atoms with van der Waals surface area (Å²) in [7, 11) is 0. The van der Waals surface area contributed by atoms with Gasteiger partial charge in [-0.15, -0.1) is 0 Å². The van der Waals surface area contributed by atoms with Crippen molar-refractivity contribution in [2.45, 2.75) is 32.4 Å². The molecule has 1 aromatic heterocycles. The Morgan fingerprint density at radius 2 is 2.08 bits per heavy atom. The Kier molecular flexibility index (Phi) is 6.22. The number of aromatic nitrogens is 1. The Morgan fingerprint density at radius 3 is 2.64 bits per heavy atom. The number of carbonyl (C=O) groups excluding carboxylic acids is 2. The molecule has 2 atom stereocenters. The first-order chi connectivity index (χ1) is 11.9. The van der Waals surface area contributed by atoms with Crippen LogP contribution in [-0.4, -0.2) is 22.7 Å². The summed E-state index contributed by atoms with van der Waals surface area (Å²) in [6.45, 7) is 3.43. The minimum atomic E-state index is -0.711. The molecule has 25 heavy (non-hydrogen) atoms. The molecule has 1 aromatic carbocycles. The van der Waals surface area contributed by atoms with Crippen LogP contribution in [0.2, 0.25) is 5.02 Å². The molecule has 0 fully saturated rings. The van der Waals surface area contributed by atoms with Gasteiger partial charge in [-0.3, -0.25) is 19.9 Å². The Morgan fingerprint density at radius 1 is 1.36 bits per heavy atom. The molecule has 0 aliphatic rings. The van der Waals surface area contributed by atoms with Gasteiger partial charge >= 0.3 is 0 Å². The van der Waals surface area contributed by atoms with Gasteiger partial charge in [0, 0.05) is 29.6 Å². The molecule has 132 valence electrons. The van der Waals surface area contributed by atoms with Crippen molar-refractivity contribution >= 4 is 23.3 Å². The zero-order valence-corrected chi connectivity index (χ0v) is 14.7. The number of nitrogens with one attached hydrogen (secondary N) is 1. The lowest BCUT2D eigenvalue weighted by Gasteiger charge is -2.22. The first-order valence-electron chi connectivity index (χ1n) is 7.84. The number of benzene rings is 1. The summed E-state index contributed by atoms with van der Waals surface area (Å²) in [6, 6.07) is 4.99. The average molecular weight is 364 g/mol. The SMILES string of the molecule is CC[C@@H](N[C@@H](C)C(N)=O)c1ccc(Cl)c(C(=O)c2cccnc2)c1F. The van der Waals surface area contributed by atoms with Crippen LogP contribution in [0.3, 0.4) is 0 Å². The predicted molar refractivity (Wildman–Crippen MR) is 93.9 cm³/mol. The smallest absolute Gasteiger partial charge is 0.234 e. The molecule has 0 saturated carbocycles. The van der Waals surface area contributed by atoms with Gasteiger partial charge in [-0.25, -0.2) is 4.39 Å². The second-order valence-corrected chi connectivity index (χ2v) is 6.06. The molecule has 0 radical (unpaired) electrons. The van der Waals surface area contributed by atoms with Crippen LogP contribution in [0.1, 0.15) is 47.8 Å². The lowest BCUT2D eigenvalue weighted by Crippen LogP contribution is -2.41. The number of primary amides is 1. The van der Waals surface area contributed by atoms with Crippen molar-refractivity contribution in [3.63, 3.8) is 0 Å². The largest absolute Gasteiger partial charge is 0.368 e. The zero-order chi connectivity index (χ0) is 18.6. The average Bonchev–Trinajstić information content (AvgIpc) is 2.60. The minimum absolute atomic E-state index is 0.0212. The highest BCUT2D eigenvalue weighted by Crippen LogP contribution is 2.29. The number of amides is 1. The van der Waals surface area contributed by atoms with Gasteiger partial charge in [-0.2, -0.15) is 0 Å². The van der Waals surface area contributed by atoms with Crippen LogP contribution >= 0.6 is 11.6 Å². The fourth-order valence-electron chi connectivity index (χ4n) is 2.50. The topological polar surface area (TPSA) is 85.1 Å². The van der Waals surface area contributed by atoms with Gasteiger partial charge in [0.05, 0.1) is 16.6 Å². The Balaban J connectivity index is 2.45. The molecular formula is C18H19ClFN3O2. The summed E-state index contributed by atoms with van der Waals surface area (Å²) in [5.41, 5.74) is 5.55. The molecule has 5 nitrogen and oxygen atoms in total. The first kappa shape index (κ1) is 19.0. The molecule has 1 amide bonds.